The maximum Gasteiger partial charge on any atom is 0.223 e. The summed E-state index contributed by atoms with van der Waals surface area (Å²) in [5.41, 5.74) is 4.64. The number of amides is 1. The molecule has 4 rings (SSSR count). The number of nitrogens with zero attached hydrogens (tertiary/aromatic N) is 4. The van der Waals surface area contributed by atoms with Gasteiger partial charge in [0.1, 0.15) is 5.82 Å². The average Bonchev–Trinajstić information content (AvgIpc) is 3.36. The number of para-hydroxylation sites is 2. The Hall–Kier alpha value is -2.68. The van der Waals surface area contributed by atoms with E-state index in [2.05, 4.69) is 15.1 Å². The van der Waals surface area contributed by atoms with Crippen molar-refractivity contribution in [2.24, 2.45) is 0 Å². The van der Waals surface area contributed by atoms with Crippen molar-refractivity contribution >= 4 is 26.8 Å². The summed E-state index contributed by atoms with van der Waals surface area (Å²) in [5, 5.41) is 4.59. The van der Waals surface area contributed by atoms with Crippen LogP contribution in [0, 0.1) is 13.8 Å². The van der Waals surface area contributed by atoms with E-state index in [1.165, 1.54) is 0 Å². The van der Waals surface area contributed by atoms with Crippen LogP contribution in [0.2, 0.25) is 0 Å². The van der Waals surface area contributed by atoms with Gasteiger partial charge >= 0.3 is 0 Å². The zero-order valence-corrected chi connectivity index (χ0v) is 18.4. The number of aryl methyl sites for hydroxylation is 2. The number of aromatic amines is 1. The van der Waals surface area contributed by atoms with Crippen molar-refractivity contribution in [3.8, 4) is 0 Å². The summed E-state index contributed by atoms with van der Waals surface area (Å²) < 4.78 is 25.5. The van der Waals surface area contributed by atoms with Gasteiger partial charge in [-0.2, -0.15) is 5.10 Å². The number of fused-ring (bicyclic) bond motifs is 1. The van der Waals surface area contributed by atoms with Crippen molar-refractivity contribution in [1.82, 2.24) is 24.6 Å². The molecule has 3 heterocycles. The standard InChI is InChI=1S/C21H27N5O3S/c1-14-17(15(2)26(24-14)16-10-11-30(28,29)13-16)12-25(3)21(27)9-8-20-22-18-6-4-5-7-19(18)23-20/h4-7,16H,8-13H2,1-3H3,(H,22,23)/t16-/m0/s1. The van der Waals surface area contributed by atoms with E-state index in [1.54, 1.807) is 11.9 Å². The second-order valence-electron chi connectivity index (χ2n) is 8.10. The Bertz CT molecular complexity index is 1160. The lowest BCUT2D eigenvalue weighted by Crippen LogP contribution is -2.27. The summed E-state index contributed by atoms with van der Waals surface area (Å²) in [6.45, 7) is 4.32. The Labute approximate surface area is 176 Å². The van der Waals surface area contributed by atoms with Gasteiger partial charge in [-0.05, 0) is 32.4 Å². The topological polar surface area (TPSA) is 101 Å². The zero-order chi connectivity index (χ0) is 21.5. The van der Waals surface area contributed by atoms with Crippen molar-refractivity contribution in [2.45, 2.75) is 45.7 Å². The quantitative estimate of drug-likeness (QED) is 0.648. The van der Waals surface area contributed by atoms with Crippen molar-refractivity contribution < 1.29 is 13.2 Å². The molecule has 9 heteroatoms. The van der Waals surface area contributed by atoms with Gasteiger partial charge in [0, 0.05) is 37.7 Å². The van der Waals surface area contributed by atoms with Crippen molar-refractivity contribution in [3.63, 3.8) is 0 Å². The molecule has 3 aromatic rings. The van der Waals surface area contributed by atoms with Gasteiger partial charge in [-0.15, -0.1) is 0 Å². The van der Waals surface area contributed by atoms with Gasteiger partial charge in [-0.3, -0.25) is 9.48 Å². The van der Waals surface area contributed by atoms with E-state index >= 15 is 0 Å². The van der Waals surface area contributed by atoms with Crippen molar-refractivity contribution in [1.29, 1.82) is 0 Å². The molecule has 0 radical (unpaired) electrons. The molecule has 1 fully saturated rings. The summed E-state index contributed by atoms with van der Waals surface area (Å²) in [5.74, 6) is 1.19. The van der Waals surface area contributed by atoms with Crippen LogP contribution >= 0.6 is 0 Å². The molecular formula is C21H27N5O3S. The third-order valence-electron chi connectivity index (χ3n) is 5.86. The van der Waals surface area contributed by atoms with Gasteiger partial charge in [0.05, 0.1) is 34.3 Å². The average molecular weight is 430 g/mol. The summed E-state index contributed by atoms with van der Waals surface area (Å²) in [4.78, 5) is 22.2. The van der Waals surface area contributed by atoms with Crippen LogP contribution in [0.1, 0.15) is 41.7 Å². The molecule has 1 saturated heterocycles. The fourth-order valence-electron chi connectivity index (χ4n) is 4.12. The summed E-state index contributed by atoms with van der Waals surface area (Å²) in [6.07, 6.45) is 1.51. The molecule has 1 aliphatic heterocycles. The molecule has 0 aliphatic carbocycles. The van der Waals surface area contributed by atoms with E-state index in [4.69, 9.17) is 0 Å². The van der Waals surface area contributed by atoms with E-state index in [1.807, 2.05) is 42.8 Å². The first-order valence-electron chi connectivity index (χ1n) is 10.2. The number of carbonyl (C=O) groups excluding carboxylic acids is 1. The maximum absolute atomic E-state index is 12.7. The second kappa shape index (κ2) is 7.86. The molecule has 1 N–H and O–H groups in total. The molecule has 2 aromatic heterocycles. The van der Waals surface area contributed by atoms with Crippen LogP contribution in [-0.2, 0) is 27.6 Å². The molecular weight excluding hydrogens is 402 g/mol. The van der Waals surface area contributed by atoms with Crippen LogP contribution in [0.15, 0.2) is 24.3 Å². The normalized spacial score (nSPS) is 18.2. The first-order valence-corrected chi connectivity index (χ1v) is 12.0. The minimum Gasteiger partial charge on any atom is -0.342 e. The number of rotatable bonds is 6. The van der Waals surface area contributed by atoms with E-state index in [0.29, 0.717) is 25.8 Å². The van der Waals surface area contributed by atoms with Crippen LogP contribution < -0.4 is 0 Å². The third-order valence-corrected chi connectivity index (χ3v) is 7.61. The van der Waals surface area contributed by atoms with Gasteiger partial charge < -0.3 is 9.88 Å². The molecule has 0 unspecified atom stereocenters. The number of H-pyrrole nitrogens is 1. The molecule has 1 aromatic carbocycles. The smallest absolute Gasteiger partial charge is 0.223 e. The minimum absolute atomic E-state index is 0.0328. The van der Waals surface area contributed by atoms with Crippen molar-refractivity contribution in [2.75, 3.05) is 18.6 Å². The lowest BCUT2D eigenvalue weighted by molar-refractivity contribution is -0.130. The molecule has 0 spiro atoms. The molecule has 160 valence electrons. The summed E-state index contributed by atoms with van der Waals surface area (Å²) >= 11 is 0. The minimum atomic E-state index is -2.98. The summed E-state index contributed by atoms with van der Waals surface area (Å²) in [7, 11) is -1.19. The largest absolute Gasteiger partial charge is 0.342 e. The van der Waals surface area contributed by atoms with Gasteiger partial charge in [-0.25, -0.2) is 13.4 Å². The number of carbonyl (C=O) groups is 1. The molecule has 8 nitrogen and oxygen atoms in total. The number of aromatic nitrogens is 4. The lowest BCUT2D eigenvalue weighted by atomic mass is 10.1. The Morgan fingerprint density at radius 2 is 2.07 bits per heavy atom. The predicted molar refractivity (Wildman–Crippen MR) is 115 cm³/mol. The number of hydrogen-bond acceptors (Lipinski definition) is 5. The van der Waals surface area contributed by atoms with Crippen LogP contribution in [0.4, 0.5) is 0 Å². The zero-order valence-electron chi connectivity index (χ0n) is 17.6. The van der Waals surface area contributed by atoms with Gasteiger partial charge in [0.25, 0.3) is 0 Å². The number of benzene rings is 1. The molecule has 1 aliphatic rings. The van der Waals surface area contributed by atoms with Gasteiger partial charge in [-0.1, -0.05) is 12.1 Å². The second-order valence-corrected chi connectivity index (χ2v) is 10.3. The fraction of sp³-hybridized carbons (Fsp3) is 0.476. The highest BCUT2D eigenvalue weighted by Gasteiger charge is 2.31. The maximum atomic E-state index is 12.7. The van der Waals surface area contributed by atoms with Crippen LogP contribution in [0.3, 0.4) is 0 Å². The highest BCUT2D eigenvalue weighted by atomic mass is 32.2. The Balaban J connectivity index is 1.40. The van der Waals surface area contributed by atoms with E-state index in [-0.39, 0.29) is 23.5 Å². The first kappa shape index (κ1) is 20.6. The highest BCUT2D eigenvalue weighted by molar-refractivity contribution is 7.91. The van der Waals surface area contributed by atoms with E-state index in [0.717, 1.165) is 33.8 Å². The monoisotopic (exact) mass is 429 g/mol. The van der Waals surface area contributed by atoms with Gasteiger partial charge in [0.15, 0.2) is 9.84 Å². The molecule has 1 atom stereocenters. The number of nitrogens with one attached hydrogen (secondary N) is 1. The van der Waals surface area contributed by atoms with Crippen LogP contribution in [0.5, 0.6) is 0 Å². The number of hydrogen-bond donors (Lipinski definition) is 1. The number of sulfone groups is 1. The predicted octanol–water partition coefficient (Wildman–Crippen LogP) is 2.33. The highest BCUT2D eigenvalue weighted by Crippen LogP contribution is 2.27. The van der Waals surface area contributed by atoms with Crippen LogP contribution in [-0.4, -0.2) is 57.5 Å². The van der Waals surface area contributed by atoms with E-state index < -0.39 is 9.84 Å². The van der Waals surface area contributed by atoms with E-state index in [9.17, 15) is 13.2 Å². The SMILES string of the molecule is Cc1nn([C@H]2CCS(=O)(=O)C2)c(C)c1CN(C)C(=O)CCc1nc2ccccc2[nH]1. The van der Waals surface area contributed by atoms with Crippen molar-refractivity contribution in [3.05, 3.63) is 47.0 Å². The first-order chi connectivity index (χ1) is 14.2. The molecule has 0 bridgehead atoms. The Kier molecular flexibility index (Phi) is 5.40. The lowest BCUT2D eigenvalue weighted by Gasteiger charge is -2.18. The number of imidazole rings is 1. The van der Waals surface area contributed by atoms with Crippen LogP contribution in [0.25, 0.3) is 11.0 Å². The Morgan fingerprint density at radius 1 is 1.30 bits per heavy atom. The molecule has 1 amide bonds. The molecule has 30 heavy (non-hydrogen) atoms. The summed E-state index contributed by atoms with van der Waals surface area (Å²) in [6, 6.07) is 7.70. The Morgan fingerprint density at radius 3 is 2.77 bits per heavy atom. The van der Waals surface area contributed by atoms with Gasteiger partial charge in [0.2, 0.25) is 5.91 Å². The molecule has 0 saturated carbocycles. The third kappa shape index (κ3) is 4.12. The fourth-order valence-corrected chi connectivity index (χ4v) is 5.81.